The predicted molar refractivity (Wildman–Crippen MR) is 135 cm³/mol. The van der Waals surface area contributed by atoms with Crippen LogP contribution in [0.15, 0.2) is 42.6 Å². The summed E-state index contributed by atoms with van der Waals surface area (Å²) in [6.07, 6.45) is 2.35. The molecule has 9 nitrogen and oxygen atoms in total. The molecule has 3 heterocycles. The van der Waals surface area contributed by atoms with Crippen molar-refractivity contribution >= 4 is 17.5 Å². The lowest BCUT2D eigenvalue weighted by Crippen LogP contribution is -2.43. The van der Waals surface area contributed by atoms with Crippen molar-refractivity contribution in [3.63, 3.8) is 0 Å². The third-order valence-corrected chi connectivity index (χ3v) is 6.17. The number of nitrogens with one attached hydrogen (secondary N) is 2. The zero-order chi connectivity index (χ0) is 24.8. The molecule has 0 bridgehead atoms. The number of ketones is 1. The molecule has 0 atom stereocenters. The molecule has 1 aromatic carbocycles. The van der Waals surface area contributed by atoms with Gasteiger partial charge in [-0.25, -0.2) is 4.98 Å². The molecule has 1 aliphatic heterocycles. The Bertz CT molecular complexity index is 1200. The second-order valence-corrected chi connectivity index (χ2v) is 8.66. The van der Waals surface area contributed by atoms with Crippen LogP contribution in [0.4, 0.5) is 5.82 Å². The number of rotatable bonds is 9. The van der Waals surface area contributed by atoms with E-state index in [0.717, 1.165) is 60.1 Å². The van der Waals surface area contributed by atoms with Crippen molar-refractivity contribution in [3.8, 4) is 16.9 Å². The topological polar surface area (TPSA) is 101 Å². The summed E-state index contributed by atoms with van der Waals surface area (Å²) in [6, 6.07) is 12.1. The number of hydrogen-bond donors (Lipinski definition) is 2. The molecule has 3 aromatic rings. The average Bonchev–Trinajstić information content (AvgIpc) is 3.17. The van der Waals surface area contributed by atoms with E-state index in [1.165, 1.54) is 6.92 Å². The summed E-state index contributed by atoms with van der Waals surface area (Å²) in [6.45, 7) is 7.50. The molecule has 1 aliphatic rings. The minimum absolute atomic E-state index is 0.0143. The lowest BCUT2D eigenvalue weighted by Gasteiger charge is -2.28. The lowest BCUT2D eigenvalue weighted by atomic mass is 10.1. The smallest absolute Gasteiger partial charge is 0.272 e. The molecule has 0 saturated carbocycles. The summed E-state index contributed by atoms with van der Waals surface area (Å²) >= 11 is 0. The van der Waals surface area contributed by atoms with Crippen molar-refractivity contribution in [1.82, 2.24) is 25.4 Å². The van der Waals surface area contributed by atoms with Crippen LogP contribution in [0.25, 0.3) is 11.1 Å². The molecule has 0 unspecified atom stereocenters. The molecule has 0 radical (unpaired) electrons. The minimum Gasteiger partial charge on any atom is -0.493 e. The van der Waals surface area contributed by atoms with E-state index in [-0.39, 0.29) is 18.2 Å². The highest BCUT2D eigenvalue weighted by Gasteiger charge is 2.20. The Labute approximate surface area is 205 Å². The maximum atomic E-state index is 12.6. The summed E-state index contributed by atoms with van der Waals surface area (Å²) in [5, 5.41) is 10.4. The zero-order valence-electron chi connectivity index (χ0n) is 20.5. The lowest BCUT2D eigenvalue weighted by molar-refractivity contribution is -0.116. The Hall–Kier alpha value is -3.72. The highest BCUT2D eigenvalue weighted by molar-refractivity contribution is 5.96. The Balaban J connectivity index is 1.48. The Kier molecular flexibility index (Phi) is 7.77. The van der Waals surface area contributed by atoms with Gasteiger partial charge in [0.05, 0.1) is 13.2 Å². The van der Waals surface area contributed by atoms with Crippen LogP contribution in [0.5, 0.6) is 5.75 Å². The molecule has 184 valence electrons. The number of hydrogen-bond acceptors (Lipinski definition) is 7. The highest BCUT2D eigenvalue weighted by Crippen LogP contribution is 2.31. The van der Waals surface area contributed by atoms with Gasteiger partial charge in [-0.1, -0.05) is 18.2 Å². The summed E-state index contributed by atoms with van der Waals surface area (Å²) in [7, 11) is 1.80. The predicted octanol–water partition coefficient (Wildman–Crippen LogP) is 2.14. The fourth-order valence-electron chi connectivity index (χ4n) is 4.17. The number of anilines is 1. The van der Waals surface area contributed by atoms with Crippen molar-refractivity contribution in [1.29, 1.82) is 0 Å². The monoisotopic (exact) mass is 476 g/mol. The molecule has 1 fully saturated rings. The number of amides is 1. The summed E-state index contributed by atoms with van der Waals surface area (Å²) in [5.74, 6) is 1.28. The number of para-hydroxylation sites is 1. The van der Waals surface area contributed by atoms with E-state index in [1.807, 2.05) is 43.5 Å². The highest BCUT2D eigenvalue weighted by atomic mass is 16.5. The number of benzene rings is 1. The largest absolute Gasteiger partial charge is 0.493 e. The molecule has 1 saturated heterocycles. The molecule has 35 heavy (non-hydrogen) atoms. The maximum Gasteiger partial charge on any atom is 0.272 e. The second kappa shape index (κ2) is 11.1. The van der Waals surface area contributed by atoms with Crippen LogP contribution < -0.4 is 20.3 Å². The van der Waals surface area contributed by atoms with Gasteiger partial charge in [0.2, 0.25) is 0 Å². The number of pyridine rings is 1. The van der Waals surface area contributed by atoms with Crippen LogP contribution in [0.3, 0.4) is 0 Å². The third-order valence-electron chi connectivity index (χ3n) is 6.17. The van der Waals surface area contributed by atoms with Gasteiger partial charge in [-0.3, -0.25) is 14.3 Å². The number of Topliss-reactive ketones (excluding diaryl/α,β-unsaturated/α-hetero) is 1. The third kappa shape index (κ3) is 5.86. The summed E-state index contributed by atoms with van der Waals surface area (Å²) < 4.78 is 7.89. The molecule has 1 amide bonds. The van der Waals surface area contributed by atoms with Gasteiger partial charge in [0.15, 0.2) is 5.69 Å². The van der Waals surface area contributed by atoms with Crippen molar-refractivity contribution in [3.05, 3.63) is 59.5 Å². The maximum absolute atomic E-state index is 12.6. The molecule has 9 heteroatoms. The standard InChI is InChI=1S/C26H32N6O3/c1-18(33)17-29-26(34)25-21(19(2)31(3)30-25)9-15-35-23-7-5-4-6-22(23)20-8-10-28-24(16-20)32-13-11-27-12-14-32/h4-8,10,16,27H,9,11-15,17H2,1-3H3,(H,29,34). The van der Waals surface area contributed by atoms with Crippen LogP contribution in [-0.2, 0) is 18.3 Å². The molecule has 0 spiro atoms. The zero-order valence-corrected chi connectivity index (χ0v) is 20.5. The van der Waals surface area contributed by atoms with E-state index < -0.39 is 0 Å². The number of piperazine rings is 1. The first-order valence-corrected chi connectivity index (χ1v) is 11.9. The number of ether oxygens (including phenoxy) is 1. The van der Waals surface area contributed by atoms with Crippen molar-refractivity contribution in [2.24, 2.45) is 7.05 Å². The minimum atomic E-state index is -0.350. The first-order valence-electron chi connectivity index (χ1n) is 11.9. The van der Waals surface area contributed by atoms with Crippen LogP contribution in [-0.4, -0.2) is 65.8 Å². The second-order valence-electron chi connectivity index (χ2n) is 8.66. The average molecular weight is 477 g/mol. The van der Waals surface area contributed by atoms with Gasteiger partial charge >= 0.3 is 0 Å². The molecular weight excluding hydrogens is 444 g/mol. The first kappa shape index (κ1) is 24.4. The molecule has 0 aliphatic carbocycles. The number of carbonyl (C=O) groups excluding carboxylic acids is 2. The van der Waals surface area contributed by atoms with Gasteiger partial charge in [0.25, 0.3) is 5.91 Å². The van der Waals surface area contributed by atoms with Crippen LogP contribution in [0, 0.1) is 6.92 Å². The Morgan fingerprint density at radius 2 is 1.94 bits per heavy atom. The molecule has 4 rings (SSSR count). The molecular formula is C26H32N6O3. The van der Waals surface area contributed by atoms with E-state index in [2.05, 4.69) is 31.7 Å². The van der Waals surface area contributed by atoms with E-state index in [4.69, 9.17) is 4.74 Å². The number of aromatic nitrogens is 3. The van der Waals surface area contributed by atoms with Gasteiger partial charge in [0, 0.05) is 62.7 Å². The van der Waals surface area contributed by atoms with Crippen LogP contribution in [0.2, 0.25) is 0 Å². The Morgan fingerprint density at radius 3 is 2.71 bits per heavy atom. The fourth-order valence-corrected chi connectivity index (χ4v) is 4.17. The van der Waals surface area contributed by atoms with Gasteiger partial charge < -0.3 is 20.3 Å². The Morgan fingerprint density at radius 1 is 1.17 bits per heavy atom. The van der Waals surface area contributed by atoms with Gasteiger partial charge in [-0.15, -0.1) is 0 Å². The van der Waals surface area contributed by atoms with E-state index in [1.54, 1.807) is 11.7 Å². The molecule has 2 N–H and O–H groups in total. The SMILES string of the molecule is CC(=O)CNC(=O)c1nn(C)c(C)c1CCOc1ccccc1-c1ccnc(N2CCNCC2)c1. The fraction of sp³-hybridized carbons (Fsp3) is 0.385. The van der Waals surface area contributed by atoms with Crippen LogP contribution in [0.1, 0.15) is 28.7 Å². The number of carbonyl (C=O) groups is 2. The quantitative estimate of drug-likeness (QED) is 0.488. The van der Waals surface area contributed by atoms with E-state index in [0.29, 0.717) is 18.7 Å². The van der Waals surface area contributed by atoms with Crippen molar-refractivity contribution in [2.45, 2.75) is 20.3 Å². The summed E-state index contributed by atoms with van der Waals surface area (Å²) in [4.78, 5) is 30.7. The van der Waals surface area contributed by atoms with Crippen molar-refractivity contribution in [2.75, 3.05) is 44.2 Å². The summed E-state index contributed by atoms with van der Waals surface area (Å²) in [5.41, 5.74) is 4.08. The van der Waals surface area contributed by atoms with Crippen LogP contribution >= 0.6 is 0 Å². The normalized spacial score (nSPS) is 13.5. The first-order chi connectivity index (χ1) is 16.9. The number of aryl methyl sites for hydroxylation is 1. The number of nitrogens with zero attached hydrogens (tertiary/aromatic N) is 4. The van der Waals surface area contributed by atoms with Gasteiger partial charge in [0.1, 0.15) is 17.4 Å². The van der Waals surface area contributed by atoms with Gasteiger partial charge in [-0.2, -0.15) is 5.10 Å². The van der Waals surface area contributed by atoms with E-state index in [9.17, 15) is 9.59 Å². The van der Waals surface area contributed by atoms with Crippen molar-refractivity contribution < 1.29 is 14.3 Å². The van der Waals surface area contributed by atoms with Gasteiger partial charge in [-0.05, 0) is 37.6 Å². The van der Waals surface area contributed by atoms with E-state index >= 15 is 0 Å². The molecule has 2 aromatic heterocycles.